The molecule has 3 rings (SSSR count). The SMILES string of the molecule is O=C(O)N1[C@@H]2CC[C@@H](C2)[C@H]1CNc1ncc(Br)cn1. The lowest BCUT2D eigenvalue weighted by Gasteiger charge is -2.33. The van der Waals surface area contributed by atoms with Crippen LogP contribution >= 0.6 is 15.9 Å². The van der Waals surface area contributed by atoms with Crippen molar-refractivity contribution in [1.29, 1.82) is 0 Å². The van der Waals surface area contributed by atoms with E-state index in [0.29, 0.717) is 18.4 Å². The van der Waals surface area contributed by atoms with Crippen LogP contribution < -0.4 is 5.32 Å². The van der Waals surface area contributed by atoms with Crippen molar-refractivity contribution in [2.24, 2.45) is 5.92 Å². The number of rotatable bonds is 3. The molecule has 1 saturated carbocycles. The molecule has 19 heavy (non-hydrogen) atoms. The molecule has 2 aliphatic rings. The molecule has 1 aliphatic heterocycles. The van der Waals surface area contributed by atoms with Gasteiger partial charge >= 0.3 is 6.09 Å². The number of anilines is 1. The fourth-order valence-corrected chi connectivity index (χ4v) is 3.46. The molecule has 0 spiro atoms. The molecule has 6 nitrogen and oxygen atoms in total. The molecule has 3 atom stereocenters. The van der Waals surface area contributed by atoms with E-state index in [1.54, 1.807) is 17.3 Å². The minimum atomic E-state index is -0.810. The highest BCUT2D eigenvalue weighted by Crippen LogP contribution is 2.42. The highest BCUT2D eigenvalue weighted by Gasteiger charge is 2.47. The van der Waals surface area contributed by atoms with E-state index in [9.17, 15) is 9.90 Å². The summed E-state index contributed by atoms with van der Waals surface area (Å²) in [6.45, 7) is 0.578. The van der Waals surface area contributed by atoms with E-state index in [4.69, 9.17) is 0 Å². The van der Waals surface area contributed by atoms with Crippen molar-refractivity contribution in [3.63, 3.8) is 0 Å². The molecule has 2 fully saturated rings. The summed E-state index contributed by atoms with van der Waals surface area (Å²) in [6.07, 6.45) is 5.66. The van der Waals surface area contributed by atoms with Gasteiger partial charge in [0.25, 0.3) is 0 Å². The third-order valence-electron chi connectivity index (χ3n) is 4.05. The molecule has 0 aromatic carbocycles. The van der Waals surface area contributed by atoms with Gasteiger partial charge in [0.05, 0.1) is 10.5 Å². The number of hydrogen-bond donors (Lipinski definition) is 2. The summed E-state index contributed by atoms with van der Waals surface area (Å²) >= 11 is 3.28. The average molecular weight is 327 g/mol. The largest absolute Gasteiger partial charge is 0.465 e. The first-order valence-electron chi connectivity index (χ1n) is 6.38. The number of piperidine rings is 1. The van der Waals surface area contributed by atoms with Gasteiger partial charge < -0.3 is 15.3 Å². The molecule has 0 unspecified atom stereocenters. The number of fused-ring (bicyclic) bond motifs is 2. The number of carboxylic acid groups (broad SMARTS) is 1. The first kappa shape index (κ1) is 12.7. The lowest BCUT2D eigenvalue weighted by molar-refractivity contribution is 0.105. The zero-order chi connectivity index (χ0) is 13.4. The van der Waals surface area contributed by atoms with Gasteiger partial charge in [-0.05, 0) is 41.1 Å². The Morgan fingerprint density at radius 2 is 2.21 bits per heavy atom. The Hall–Kier alpha value is -1.37. The summed E-state index contributed by atoms with van der Waals surface area (Å²) in [4.78, 5) is 21.2. The molecular formula is C12H15BrN4O2. The second kappa shape index (κ2) is 4.96. The minimum absolute atomic E-state index is 0.0449. The second-order valence-electron chi connectivity index (χ2n) is 5.09. The van der Waals surface area contributed by atoms with Gasteiger partial charge in [-0.2, -0.15) is 0 Å². The molecule has 2 bridgehead atoms. The van der Waals surface area contributed by atoms with Gasteiger partial charge in [-0.1, -0.05) is 0 Å². The molecular weight excluding hydrogens is 312 g/mol. The molecule has 1 aromatic heterocycles. The fraction of sp³-hybridized carbons (Fsp3) is 0.583. The lowest BCUT2D eigenvalue weighted by atomic mass is 9.99. The Morgan fingerprint density at radius 3 is 2.89 bits per heavy atom. The Labute approximate surface area is 119 Å². The highest BCUT2D eigenvalue weighted by atomic mass is 79.9. The van der Waals surface area contributed by atoms with E-state index in [1.807, 2.05) is 0 Å². The molecule has 2 heterocycles. The van der Waals surface area contributed by atoms with Gasteiger partial charge in [-0.3, -0.25) is 0 Å². The summed E-state index contributed by atoms with van der Waals surface area (Å²) < 4.78 is 0.824. The van der Waals surface area contributed by atoms with Gasteiger partial charge in [0, 0.05) is 25.0 Å². The molecule has 0 radical (unpaired) electrons. The van der Waals surface area contributed by atoms with Crippen LogP contribution in [0.4, 0.5) is 10.7 Å². The van der Waals surface area contributed by atoms with Crippen LogP contribution in [0.5, 0.6) is 0 Å². The quantitative estimate of drug-likeness (QED) is 0.890. The number of halogens is 1. The number of likely N-dealkylation sites (tertiary alicyclic amines) is 1. The molecule has 102 valence electrons. The molecule has 7 heteroatoms. The van der Waals surface area contributed by atoms with Crippen LogP contribution in [-0.4, -0.2) is 44.7 Å². The summed E-state index contributed by atoms with van der Waals surface area (Å²) in [5.41, 5.74) is 0. The number of amides is 1. The van der Waals surface area contributed by atoms with E-state index in [2.05, 4.69) is 31.2 Å². The summed E-state index contributed by atoms with van der Waals surface area (Å²) in [7, 11) is 0. The van der Waals surface area contributed by atoms with Crippen molar-refractivity contribution in [2.45, 2.75) is 31.3 Å². The molecule has 1 aliphatic carbocycles. The van der Waals surface area contributed by atoms with E-state index in [1.165, 1.54) is 0 Å². The standard InChI is InChI=1S/C12H15BrN4O2/c13-8-4-14-11(15-5-8)16-6-10-7-1-2-9(3-7)17(10)12(18)19/h4-5,7,9-10H,1-3,6H2,(H,18,19)(H,14,15,16)/t7-,9+,10+/m0/s1. The lowest BCUT2D eigenvalue weighted by Crippen LogP contribution is -2.47. The molecule has 1 amide bonds. The van der Waals surface area contributed by atoms with Crippen LogP contribution in [0, 0.1) is 5.92 Å². The summed E-state index contributed by atoms with van der Waals surface area (Å²) in [6, 6.07) is 0.253. The Bertz CT molecular complexity index is 481. The van der Waals surface area contributed by atoms with Crippen molar-refractivity contribution < 1.29 is 9.90 Å². The topological polar surface area (TPSA) is 78.4 Å². The maximum absolute atomic E-state index is 11.3. The zero-order valence-corrected chi connectivity index (χ0v) is 11.9. The van der Waals surface area contributed by atoms with Crippen molar-refractivity contribution in [3.8, 4) is 0 Å². The summed E-state index contributed by atoms with van der Waals surface area (Å²) in [5.74, 6) is 1.01. The Morgan fingerprint density at radius 1 is 1.47 bits per heavy atom. The van der Waals surface area contributed by atoms with Gasteiger partial charge in [0.1, 0.15) is 0 Å². The smallest absolute Gasteiger partial charge is 0.407 e. The van der Waals surface area contributed by atoms with Crippen LogP contribution in [0.3, 0.4) is 0 Å². The van der Waals surface area contributed by atoms with Gasteiger partial charge in [-0.25, -0.2) is 14.8 Å². The first-order valence-corrected chi connectivity index (χ1v) is 7.17. The van der Waals surface area contributed by atoms with Crippen LogP contribution in [0.25, 0.3) is 0 Å². The molecule has 1 saturated heterocycles. The number of aromatic nitrogens is 2. The van der Waals surface area contributed by atoms with Crippen molar-refractivity contribution in [3.05, 3.63) is 16.9 Å². The Balaban J connectivity index is 1.65. The third-order valence-corrected chi connectivity index (χ3v) is 4.46. The molecule has 2 N–H and O–H groups in total. The first-order chi connectivity index (χ1) is 9.15. The number of nitrogens with one attached hydrogen (secondary N) is 1. The minimum Gasteiger partial charge on any atom is -0.465 e. The number of hydrogen-bond acceptors (Lipinski definition) is 4. The van der Waals surface area contributed by atoms with Crippen LogP contribution in [0.2, 0.25) is 0 Å². The van der Waals surface area contributed by atoms with Gasteiger partial charge in [0.2, 0.25) is 5.95 Å². The monoisotopic (exact) mass is 326 g/mol. The predicted octanol–water partition coefficient (Wildman–Crippen LogP) is 2.18. The normalized spacial score (nSPS) is 28.7. The maximum Gasteiger partial charge on any atom is 0.407 e. The van der Waals surface area contributed by atoms with Crippen LogP contribution in [0.1, 0.15) is 19.3 Å². The van der Waals surface area contributed by atoms with Crippen LogP contribution in [0.15, 0.2) is 16.9 Å². The van der Waals surface area contributed by atoms with Gasteiger partial charge in [0.15, 0.2) is 0 Å². The average Bonchev–Trinajstić information content (AvgIpc) is 2.98. The fourth-order valence-electron chi connectivity index (χ4n) is 3.25. The van der Waals surface area contributed by atoms with E-state index in [-0.39, 0.29) is 12.1 Å². The second-order valence-corrected chi connectivity index (χ2v) is 6.01. The third kappa shape index (κ3) is 2.39. The van der Waals surface area contributed by atoms with Crippen LogP contribution in [-0.2, 0) is 0 Å². The number of carbonyl (C=O) groups is 1. The highest BCUT2D eigenvalue weighted by molar-refractivity contribution is 9.10. The van der Waals surface area contributed by atoms with Crippen molar-refractivity contribution >= 4 is 28.0 Å². The predicted molar refractivity (Wildman–Crippen MR) is 73.0 cm³/mol. The van der Waals surface area contributed by atoms with E-state index >= 15 is 0 Å². The maximum atomic E-state index is 11.3. The Kier molecular flexibility index (Phi) is 3.30. The number of nitrogens with zero attached hydrogens (tertiary/aromatic N) is 3. The zero-order valence-electron chi connectivity index (χ0n) is 10.3. The van der Waals surface area contributed by atoms with Crippen molar-refractivity contribution in [2.75, 3.05) is 11.9 Å². The molecule has 1 aromatic rings. The summed E-state index contributed by atoms with van der Waals surface area (Å²) in [5, 5.41) is 12.4. The van der Waals surface area contributed by atoms with E-state index in [0.717, 1.165) is 23.7 Å². The van der Waals surface area contributed by atoms with Crippen molar-refractivity contribution in [1.82, 2.24) is 14.9 Å². The van der Waals surface area contributed by atoms with Gasteiger partial charge in [-0.15, -0.1) is 0 Å². The van der Waals surface area contributed by atoms with E-state index < -0.39 is 6.09 Å².